The summed E-state index contributed by atoms with van der Waals surface area (Å²) in [6.07, 6.45) is 4.03. The summed E-state index contributed by atoms with van der Waals surface area (Å²) in [5.74, 6) is 0.438. The van der Waals surface area contributed by atoms with Crippen molar-refractivity contribution in [1.82, 2.24) is 20.9 Å². The zero-order chi connectivity index (χ0) is 26.1. The van der Waals surface area contributed by atoms with Gasteiger partial charge in [-0.15, -0.1) is 0 Å². The van der Waals surface area contributed by atoms with Gasteiger partial charge in [0.2, 0.25) is 11.8 Å². The van der Waals surface area contributed by atoms with Crippen LogP contribution in [0, 0.1) is 5.92 Å². The number of benzene rings is 2. The van der Waals surface area contributed by atoms with E-state index in [4.69, 9.17) is 9.15 Å². The maximum Gasteiger partial charge on any atom is 0.273 e. The van der Waals surface area contributed by atoms with E-state index in [1.54, 1.807) is 7.11 Å². The van der Waals surface area contributed by atoms with E-state index < -0.39 is 6.04 Å². The fourth-order valence-corrected chi connectivity index (χ4v) is 4.01. The quantitative estimate of drug-likeness (QED) is 0.301. The van der Waals surface area contributed by atoms with Gasteiger partial charge in [-0.3, -0.25) is 9.59 Å². The van der Waals surface area contributed by atoms with Crippen LogP contribution in [-0.4, -0.2) is 44.0 Å². The molecule has 0 aliphatic carbocycles. The number of ether oxygens (including phenoxy) is 1. The van der Waals surface area contributed by atoms with Crippen LogP contribution in [-0.2, 0) is 4.79 Å². The van der Waals surface area contributed by atoms with Crippen molar-refractivity contribution >= 4 is 22.6 Å². The number of hydrogen-bond acceptors (Lipinski definition) is 6. The fourth-order valence-electron chi connectivity index (χ4n) is 4.01. The first-order chi connectivity index (χ1) is 17.4. The number of fused-ring (bicyclic) bond motifs is 1. The first kappa shape index (κ1) is 27.2. The maximum absolute atomic E-state index is 13.3. The smallest absolute Gasteiger partial charge is 0.273 e. The van der Waals surface area contributed by atoms with Gasteiger partial charge in [0.05, 0.1) is 13.0 Å². The summed E-state index contributed by atoms with van der Waals surface area (Å²) < 4.78 is 11.0. The zero-order valence-corrected chi connectivity index (χ0v) is 21.9. The van der Waals surface area contributed by atoms with Crippen LogP contribution < -0.4 is 20.7 Å². The van der Waals surface area contributed by atoms with Crippen molar-refractivity contribution in [3.05, 3.63) is 59.8 Å². The third kappa shape index (κ3) is 6.85. The summed E-state index contributed by atoms with van der Waals surface area (Å²) >= 11 is 0. The number of amides is 2. The number of carbonyl (C=O) groups is 2. The Hall–Kier alpha value is -3.39. The highest BCUT2D eigenvalue weighted by Gasteiger charge is 2.28. The molecule has 194 valence electrons. The number of hydrogen-bond donors (Lipinski definition) is 3. The average molecular weight is 495 g/mol. The van der Waals surface area contributed by atoms with Crippen molar-refractivity contribution in [3.8, 4) is 5.75 Å². The molecule has 0 radical (unpaired) electrons. The number of carbonyl (C=O) groups excluding carboxylic acids is 2. The Morgan fingerprint density at radius 1 is 1.06 bits per heavy atom. The molecule has 2 aromatic carbocycles. The topological polar surface area (TPSA) is 105 Å². The Kier molecular flexibility index (Phi) is 9.87. The molecule has 0 saturated carbocycles. The molecule has 3 aromatic rings. The molecule has 1 unspecified atom stereocenters. The standard InChI is InChI=1S/C28H38N4O4/c1-6-18(2)25(28-31-24(17-36-28)27(34)30-14-8-7-13-29-4)32-26(33)19(3)20-9-10-22-16-23(35-5)12-11-21(22)15-20/h9-12,15-19,25,29H,6-8,13-14H2,1-5H3,(H,30,34)(H,32,33)/t18-,19?,25-/m0/s1. The molecule has 0 aliphatic heterocycles. The van der Waals surface area contributed by atoms with Crippen molar-refractivity contribution in [1.29, 1.82) is 0 Å². The van der Waals surface area contributed by atoms with Gasteiger partial charge in [0, 0.05) is 6.54 Å². The molecule has 8 nitrogen and oxygen atoms in total. The predicted molar refractivity (Wildman–Crippen MR) is 141 cm³/mol. The number of unbranched alkanes of at least 4 members (excludes halogenated alkanes) is 1. The van der Waals surface area contributed by atoms with E-state index >= 15 is 0 Å². The van der Waals surface area contributed by atoms with Crippen LogP contribution in [0.5, 0.6) is 5.75 Å². The molecule has 0 bridgehead atoms. The highest BCUT2D eigenvalue weighted by Crippen LogP contribution is 2.28. The van der Waals surface area contributed by atoms with Crippen molar-refractivity contribution < 1.29 is 18.7 Å². The van der Waals surface area contributed by atoms with Crippen LogP contribution in [0.25, 0.3) is 10.8 Å². The lowest BCUT2D eigenvalue weighted by Crippen LogP contribution is -2.35. The van der Waals surface area contributed by atoms with Crippen LogP contribution in [0.3, 0.4) is 0 Å². The molecule has 2 amide bonds. The lowest BCUT2D eigenvalue weighted by atomic mass is 9.94. The molecule has 8 heteroatoms. The Morgan fingerprint density at radius 2 is 1.78 bits per heavy atom. The molecule has 3 atom stereocenters. The molecule has 0 saturated heterocycles. The van der Waals surface area contributed by atoms with Crippen LogP contribution in [0.2, 0.25) is 0 Å². The SMILES string of the molecule is CC[C@H](C)[C@H](NC(=O)C(C)c1ccc2cc(OC)ccc2c1)c1nc(C(=O)NCCCCNC)co1. The summed E-state index contributed by atoms with van der Waals surface area (Å²) in [5.41, 5.74) is 1.14. The molecule has 1 heterocycles. The second kappa shape index (κ2) is 13.1. The minimum Gasteiger partial charge on any atom is -0.497 e. The number of methoxy groups -OCH3 is 1. The molecular weight excluding hydrogens is 456 g/mol. The zero-order valence-electron chi connectivity index (χ0n) is 21.9. The first-order valence-corrected chi connectivity index (χ1v) is 12.6. The molecule has 3 N–H and O–H groups in total. The average Bonchev–Trinajstić information content (AvgIpc) is 3.40. The molecule has 36 heavy (non-hydrogen) atoms. The molecule has 1 aromatic heterocycles. The van der Waals surface area contributed by atoms with Crippen LogP contribution in [0.1, 0.15) is 73.9 Å². The Bertz CT molecular complexity index is 1160. The van der Waals surface area contributed by atoms with E-state index in [1.165, 1.54) is 6.26 Å². The van der Waals surface area contributed by atoms with Crippen LogP contribution in [0.15, 0.2) is 47.1 Å². The molecular formula is C28H38N4O4. The van der Waals surface area contributed by atoms with Gasteiger partial charge in [0.15, 0.2) is 5.69 Å². The molecule has 0 spiro atoms. The third-order valence-corrected chi connectivity index (χ3v) is 6.64. The number of oxazole rings is 1. The van der Waals surface area contributed by atoms with E-state index in [0.717, 1.165) is 47.9 Å². The Labute approximate surface area is 213 Å². The Balaban J connectivity index is 1.69. The maximum atomic E-state index is 13.3. The summed E-state index contributed by atoms with van der Waals surface area (Å²) in [6, 6.07) is 11.4. The third-order valence-electron chi connectivity index (χ3n) is 6.64. The van der Waals surface area contributed by atoms with Crippen molar-refractivity contribution in [2.45, 2.75) is 52.0 Å². The van der Waals surface area contributed by atoms with Gasteiger partial charge in [0.25, 0.3) is 5.91 Å². The van der Waals surface area contributed by atoms with Crippen LogP contribution in [0.4, 0.5) is 0 Å². The lowest BCUT2D eigenvalue weighted by Gasteiger charge is -2.23. The number of nitrogens with one attached hydrogen (secondary N) is 3. The van der Waals surface area contributed by atoms with Crippen molar-refractivity contribution in [2.24, 2.45) is 5.92 Å². The summed E-state index contributed by atoms with van der Waals surface area (Å²) in [6.45, 7) is 7.45. The molecule has 0 aliphatic rings. The molecule has 3 rings (SSSR count). The number of aromatic nitrogens is 1. The minimum absolute atomic E-state index is 0.0707. The van der Waals surface area contributed by atoms with Crippen LogP contribution >= 0.6 is 0 Å². The van der Waals surface area contributed by atoms with E-state index in [0.29, 0.717) is 12.4 Å². The normalized spacial score (nSPS) is 13.7. The van der Waals surface area contributed by atoms with Gasteiger partial charge in [-0.2, -0.15) is 0 Å². The fraction of sp³-hybridized carbons (Fsp3) is 0.464. The van der Waals surface area contributed by atoms with Crippen molar-refractivity contribution in [3.63, 3.8) is 0 Å². The summed E-state index contributed by atoms with van der Waals surface area (Å²) in [4.78, 5) is 30.2. The Morgan fingerprint density at radius 3 is 2.50 bits per heavy atom. The highest BCUT2D eigenvalue weighted by atomic mass is 16.5. The second-order valence-electron chi connectivity index (χ2n) is 9.20. The predicted octanol–water partition coefficient (Wildman–Crippen LogP) is 4.57. The highest BCUT2D eigenvalue weighted by molar-refractivity contribution is 5.92. The van der Waals surface area contributed by atoms with Gasteiger partial charge >= 0.3 is 0 Å². The lowest BCUT2D eigenvalue weighted by molar-refractivity contribution is -0.123. The van der Waals surface area contributed by atoms with Gasteiger partial charge in [-0.25, -0.2) is 4.98 Å². The first-order valence-electron chi connectivity index (χ1n) is 12.6. The monoisotopic (exact) mass is 494 g/mol. The van der Waals surface area contributed by atoms with Gasteiger partial charge in [0.1, 0.15) is 18.1 Å². The summed E-state index contributed by atoms with van der Waals surface area (Å²) in [5, 5.41) is 11.2. The number of nitrogens with zero attached hydrogens (tertiary/aromatic N) is 1. The van der Waals surface area contributed by atoms with E-state index in [2.05, 4.69) is 20.9 Å². The number of rotatable bonds is 13. The second-order valence-corrected chi connectivity index (χ2v) is 9.20. The van der Waals surface area contributed by atoms with E-state index in [1.807, 2.05) is 64.2 Å². The molecule has 0 fully saturated rings. The van der Waals surface area contributed by atoms with E-state index in [-0.39, 0.29) is 29.3 Å². The van der Waals surface area contributed by atoms with Gasteiger partial charge < -0.3 is 25.1 Å². The van der Waals surface area contributed by atoms with E-state index in [9.17, 15) is 9.59 Å². The minimum atomic E-state index is -0.438. The van der Waals surface area contributed by atoms with Gasteiger partial charge in [-0.1, -0.05) is 44.5 Å². The summed E-state index contributed by atoms with van der Waals surface area (Å²) in [7, 11) is 3.55. The van der Waals surface area contributed by atoms with Crippen molar-refractivity contribution in [2.75, 3.05) is 27.2 Å². The van der Waals surface area contributed by atoms with Gasteiger partial charge in [-0.05, 0) is 67.7 Å². The largest absolute Gasteiger partial charge is 0.497 e.